The molecule has 1 aliphatic heterocycles. The molecule has 4 nitrogen and oxygen atoms in total. The lowest BCUT2D eigenvalue weighted by molar-refractivity contribution is 0.833. The van der Waals surface area contributed by atoms with E-state index in [4.69, 9.17) is 5.10 Å². The van der Waals surface area contributed by atoms with Crippen LogP contribution in [0.2, 0.25) is 0 Å². The summed E-state index contributed by atoms with van der Waals surface area (Å²) in [6.45, 7) is 4.20. The zero-order chi connectivity index (χ0) is 13.0. The molecule has 0 bridgehead atoms. The molecule has 19 heavy (non-hydrogen) atoms. The third-order valence-corrected chi connectivity index (χ3v) is 4.45. The standard InChI is InChI=1S/C14H12N4S/c1-3-12-15-16-14-18(12)17-13-9-6-4-5-8(2)10(9)7-11(13)19-14/h4-7H,3H2,1-2H3. The van der Waals surface area contributed by atoms with Crippen molar-refractivity contribution < 1.29 is 0 Å². The zero-order valence-corrected chi connectivity index (χ0v) is 11.5. The average Bonchev–Trinajstić information content (AvgIpc) is 2.98. The van der Waals surface area contributed by atoms with Crippen molar-refractivity contribution in [2.75, 3.05) is 0 Å². The van der Waals surface area contributed by atoms with Gasteiger partial charge in [-0.05, 0) is 23.9 Å². The molecule has 4 rings (SSSR count). The number of hydrogen-bond acceptors (Lipinski definition) is 4. The second-order valence-electron chi connectivity index (χ2n) is 4.66. The van der Waals surface area contributed by atoms with Gasteiger partial charge in [0, 0.05) is 11.8 Å². The van der Waals surface area contributed by atoms with Gasteiger partial charge in [-0.15, -0.1) is 10.2 Å². The van der Waals surface area contributed by atoms with Crippen molar-refractivity contribution in [3.05, 3.63) is 35.7 Å². The van der Waals surface area contributed by atoms with Crippen LogP contribution in [0.4, 0.5) is 0 Å². The first-order chi connectivity index (χ1) is 9.28. The van der Waals surface area contributed by atoms with Gasteiger partial charge >= 0.3 is 0 Å². The molecular weight excluding hydrogens is 256 g/mol. The molecule has 1 aliphatic carbocycles. The summed E-state index contributed by atoms with van der Waals surface area (Å²) < 4.78 is 1.87. The van der Waals surface area contributed by atoms with Crippen molar-refractivity contribution in [1.29, 1.82) is 0 Å². The van der Waals surface area contributed by atoms with Crippen molar-refractivity contribution in [3.63, 3.8) is 0 Å². The van der Waals surface area contributed by atoms with Gasteiger partial charge in [-0.2, -0.15) is 9.61 Å². The third-order valence-electron chi connectivity index (χ3n) is 3.48. The summed E-state index contributed by atoms with van der Waals surface area (Å²) in [6, 6.07) is 8.56. The van der Waals surface area contributed by atoms with Crippen LogP contribution in [0.1, 0.15) is 18.3 Å². The largest absolute Gasteiger partial charge is 0.233 e. The van der Waals surface area contributed by atoms with Gasteiger partial charge in [0.2, 0.25) is 4.96 Å². The first-order valence-corrected chi connectivity index (χ1v) is 7.12. The number of aryl methyl sites for hydroxylation is 2. The molecule has 0 N–H and O–H groups in total. The van der Waals surface area contributed by atoms with Crippen LogP contribution >= 0.6 is 11.3 Å². The van der Waals surface area contributed by atoms with E-state index in [1.54, 1.807) is 11.3 Å². The summed E-state index contributed by atoms with van der Waals surface area (Å²) in [4.78, 5) is 2.03. The van der Waals surface area contributed by atoms with E-state index in [2.05, 4.69) is 48.3 Å². The smallest absolute Gasteiger partial charge is 0.188 e. The third kappa shape index (κ3) is 1.42. The minimum atomic E-state index is 0.837. The van der Waals surface area contributed by atoms with Crippen LogP contribution in [0.25, 0.3) is 26.3 Å². The van der Waals surface area contributed by atoms with E-state index in [-0.39, 0.29) is 0 Å². The number of fused-ring (bicyclic) bond motifs is 4. The molecule has 94 valence electrons. The molecule has 1 aromatic carbocycles. The first-order valence-electron chi connectivity index (χ1n) is 6.31. The molecule has 0 amide bonds. The fraction of sp³-hybridized carbons (Fsp3) is 0.214. The number of aromatic nitrogens is 4. The zero-order valence-electron chi connectivity index (χ0n) is 10.7. The van der Waals surface area contributed by atoms with Gasteiger partial charge in [0.1, 0.15) is 5.69 Å². The SMILES string of the molecule is CCc1nnc2sc3cc4c(C)cccc4c-3nn12. The average molecular weight is 268 g/mol. The van der Waals surface area contributed by atoms with Gasteiger partial charge in [-0.25, -0.2) is 0 Å². The minimum Gasteiger partial charge on any atom is -0.188 e. The Kier molecular flexibility index (Phi) is 2.14. The molecule has 0 saturated heterocycles. The maximum absolute atomic E-state index is 4.74. The van der Waals surface area contributed by atoms with Crippen LogP contribution in [0.5, 0.6) is 0 Å². The van der Waals surface area contributed by atoms with E-state index in [9.17, 15) is 0 Å². The van der Waals surface area contributed by atoms with Crippen molar-refractivity contribution in [2.24, 2.45) is 0 Å². The summed E-state index contributed by atoms with van der Waals surface area (Å²) >= 11 is 1.65. The predicted octanol–water partition coefficient (Wildman–Crippen LogP) is 3.31. The second-order valence-corrected chi connectivity index (χ2v) is 5.67. The summed E-state index contributed by atoms with van der Waals surface area (Å²) in [5.41, 5.74) is 2.33. The maximum atomic E-state index is 4.74. The van der Waals surface area contributed by atoms with Crippen LogP contribution in [-0.2, 0) is 6.42 Å². The predicted molar refractivity (Wildman–Crippen MR) is 76.9 cm³/mol. The van der Waals surface area contributed by atoms with Crippen LogP contribution in [-0.4, -0.2) is 19.8 Å². The maximum Gasteiger partial charge on any atom is 0.233 e. The van der Waals surface area contributed by atoms with Crippen LogP contribution in [0, 0.1) is 6.92 Å². The van der Waals surface area contributed by atoms with Gasteiger partial charge in [-0.3, -0.25) is 0 Å². The Bertz CT molecular complexity index is 874. The van der Waals surface area contributed by atoms with Gasteiger partial charge in [0.15, 0.2) is 5.82 Å². The molecule has 0 saturated carbocycles. The molecule has 0 fully saturated rings. The highest BCUT2D eigenvalue weighted by atomic mass is 32.1. The second kappa shape index (κ2) is 3.74. The van der Waals surface area contributed by atoms with Crippen LogP contribution < -0.4 is 0 Å². The fourth-order valence-corrected chi connectivity index (χ4v) is 3.41. The van der Waals surface area contributed by atoms with E-state index in [1.165, 1.54) is 21.2 Å². The summed E-state index contributed by atoms with van der Waals surface area (Å²) in [7, 11) is 0. The Morgan fingerprint density at radius 2 is 2.11 bits per heavy atom. The molecule has 5 heteroatoms. The molecule has 0 unspecified atom stereocenters. The quantitative estimate of drug-likeness (QED) is 0.532. The molecule has 2 aromatic rings. The van der Waals surface area contributed by atoms with Crippen LogP contribution in [0.15, 0.2) is 24.3 Å². The van der Waals surface area contributed by atoms with Gasteiger partial charge in [0.05, 0.1) is 4.88 Å². The molecular formula is C14H12N4S. The monoisotopic (exact) mass is 268 g/mol. The lowest BCUT2D eigenvalue weighted by Crippen LogP contribution is -1.97. The molecule has 2 aliphatic rings. The van der Waals surface area contributed by atoms with Crippen molar-refractivity contribution in [3.8, 4) is 10.6 Å². The molecule has 0 spiro atoms. The summed E-state index contributed by atoms with van der Waals surface area (Å²) in [6.07, 6.45) is 0.837. The lowest BCUT2D eigenvalue weighted by atomic mass is 10.1. The lowest BCUT2D eigenvalue weighted by Gasteiger charge is -2.00. The topological polar surface area (TPSA) is 43.1 Å². The molecule has 2 heterocycles. The van der Waals surface area contributed by atoms with E-state index in [0.717, 1.165) is 22.9 Å². The number of nitrogens with zero attached hydrogens (tertiary/aromatic N) is 4. The van der Waals surface area contributed by atoms with Gasteiger partial charge < -0.3 is 0 Å². The van der Waals surface area contributed by atoms with E-state index >= 15 is 0 Å². The Hall–Kier alpha value is -2.01. The molecule has 0 atom stereocenters. The highest BCUT2D eigenvalue weighted by Crippen LogP contribution is 2.37. The Labute approximate surface area is 114 Å². The molecule has 0 radical (unpaired) electrons. The van der Waals surface area contributed by atoms with Gasteiger partial charge in [0.25, 0.3) is 0 Å². The van der Waals surface area contributed by atoms with E-state index in [1.807, 2.05) is 4.52 Å². The van der Waals surface area contributed by atoms with Gasteiger partial charge in [-0.1, -0.05) is 36.5 Å². The minimum absolute atomic E-state index is 0.837. The number of rotatable bonds is 1. The number of benzene rings is 1. The van der Waals surface area contributed by atoms with Crippen LogP contribution in [0.3, 0.4) is 0 Å². The Balaban J connectivity index is 2.19. The highest BCUT2D eigenvalue weighted by Gasteiger charge is 2.17. The van der Waals surface area contributed by atoms with E-state index in [0.29, 0.717) is 0 Å². The first kappa shape index (κ1) is 10.9. The van der Waals surface area contributed by atoms with Crippen molar-refractivity contribution in [2.45, 2.75) is 20.3 Å². The van der Waals surface area contributed by atoms with Crippen molar-refractivity contribution >= 4 is 27.1 Å². The summed E-state index contributed by atoms with van der Waals surface area (Å²) in [5.74, 6) is 0.912. The normalized spacial score (nSPS) is 11.9. The van der Waals surface area contributed by atoms with Crippen molar-refractivity contribution in [1.82, 2.24) is 19.8 Å². The fourth-order valence-electron chi connectivity index (χ4n) is 2.47. The number of hydrogen-bond donors (Lipinski definition) is 0. The summed E-state index contributed by atoms with van der Waals surface area (Å²) in [5, 5.41) is 15.6. The Morgan fingerprint density at radius 3 is 2.95 bits per heavy atom. The highest BCUT2D eigenvalue weighted by molar-refractivity contribution is 7.20. The Morgan fingerprint density at radius 1 is 1.21 bits per heavy atom. The molecule has 1 aromatic heterocycles. The van der Waals surface area contributed by atoms with E-state index < -0.39 is 0 Å².